The number of nitrogens with zero attached hydrogens (tertiary/aromatic N) is 3. The van der Waals surface area contributed by atoms with E-state index in [1.807, 2.05) is 0 Å². The van der Waals surface area contributed by atoms with E-state index in [1.165, 1.54) is 13.0 Å². The summed E-state index contributed by atoms with van der Waals surface area (Å²) in [5, 5.41) is 15.9. The number of halogens is 4. The summed E-state index contributed by atoms with van der Waals surface area (Å²) < 4.78 is 0. The van der Waals surface area contributed by atoms with E-state index in [2.05, 4.69) is 10.2 Å². The molecular weight excluding hydrogens is 596 g/mol. The molecule has 3 aliphatic heterocycles. The van der Waals surface area contributed by atoms with Crippen LogP contribution in [0.5, 0.6) is 0 Å². The number of aliphatic hydroxyl groups is 1. The van der Waals surface area contributed by atoms with Crippen LogP contribution in [0.1, 0.15) is 42.1 Å². The van der Waals surface area contributed by atoms with E-state index in [0.717, 1.165) is 38.0 Å². The number of benzene rings is 2. The van der Waals surface area contributed by atoms with Crippen molar-refractivity contribution in [2.45, 2.75) is 49.9 Å². The molecule has 3 saturated heterocycles. The fraction of sp³-hybridized carbons (Fsp3) is 0.500. The highest BCUT2D eigenvalue weighted by molar-refractivity contribution is 6.40. The van der Waals surface area contributed by atoms with Crippen molar-refractivity contribution < 1.29 is 14.7 Å². The van der Waals surface area contributed by atoms with Crippen LogP contribution in [0.4, 0.5) is 5.69 Å². The van der Waals surface area contributed by atoms with Crippen LogP contribution >= 0.6 is 46.4 Å². The molecule has 216 valence electrons. The Hall–Kier alpha value is -1.78. The largest absolute Gasteiger partial charge is 0.380 e. The number of piperidine rings is 1. The van der Waals surface area contributed by atoms with E-state index in [0.29, 0.717) is 63.4 Å². The third-order valence-electron chi connectivity index (χ3n) is 8.19. The molecule has 4 N–H and O–H groups in total. The Kier molecular flexibility index (Phi) is 8.79. The lowest BCUT2D eigenvalue weighted by molar-refractivity contribution is -0.152. The summed E-state index contributed by atoms with van der Waals surface area (Å²) in [5.41, 5.74) is 5.58. The lowest BCUT2D eigenvalue weighted by atomic mass is 9.92. The number of amides is 2. The minimum Gasteiger partial charge on any atom is -0.380 e. The van der Waals surface area contributed by atoms with Gasteiger partial charge >= 0.3 is 0 Å². The minimum atomic E-state index is -1.76. The Morgan fingerprint density at radius 3 is 2.15 bits per heavy atom. The van der Waals surface area contributed by atoms with Crippen molar-refractivity contribution in [3.8, 4) is 0 Å². The van der Waals surface area contributed by atoms with Crippen LogP contribution in [0.3, 0.4) is 0 Å². The monoisotopic (exact) mass is 627 g/mol. The minimum absolute atomic E-state index is 0.0142. The van der Waals surface area contributed by atoms with Gasteiger partial charge in [0, 0.05) is 72.6 Å². The maximum Gasteiger partial charge on any atom is 0.258 e. The van der Waals surface area contributed by atoms with Crippen molar-refractivity contribution in [1.29, 1.82) is 0 Å². The molecule has 40 heavy (non-hydrogen) atoms. The molecular formula is C28H33Cl4N5O3. The third-order valence-corrected chi connectivity index (χ3v) is 9.35. The molecule has 5 rings (SSSR count). The Bertz CT molecular complexity index is 1270. The predicted molar refractivity (Wildman–Crippen MR) is 160 cm³/mol. The van der Waals surface area contributed by atoms with Gasteiger partial charge in [0.1, 0.15) is 0 Å². The van der Waals surface area contributed by atoms with E-state index >= 15 is 0 Å². The van der Waals surface area contributed by atoms with Crippen molar-refractivity contribution in [2.75, 3.05) is 44.6 Å². The second kappa shape index (κ2) is 11.8. The predicted octanol–water partition coefficient (Wildman–Crippen LogP) is 4.47. The maximum atomic E-state index is 13.2. The van der Waals surface area contributed by atoms with Gasteiger partial charge in [-0.3, -0.25) is 14.5 Å². The number of likely N-dealkylation sites (tertiary alicyclic amines) is 3. The Labute approximate surface area is 254 Å². The summed E-state index contributed by atoms with van der Waals surface area (Å²) in [6, 6.07) is 8.80. The average Bonchev–Trinajstić information content (AvgIpc) is 3.33. The normalized spacial score (nSPS) is 22.2. The van der Waals surface area contributed by atoms with Crippen LogP contribution in [0.15, 0.2) is 30.3 Å². The van der Waals surface area contributed by atoms with Gasteiger partial charge in [0.25, 0.3) is 11.8 Å². The molecule has 0 saturated carbocycles. The first-order valence-electron chi connectivity index (χ1n) is 13.5. The summed E-state index contributed by atoms with van der Waals surface area (Å²) in [4.78, 5) is 31.9. The lowest BCUT2D eigenvalue weighted by Crippen LogP contribution is -2.61. The molecule has 3 fully saturated rings. The first kappa shape index (κ1) is 29.7. The molecule has 8 nitrogen and oxygen atoms in total. The van der Waals surface area contributed by atoms with Crippen molar-refractivity contribution in [3.05, 3.63) is 61.5 Å². The Morgan fingerprint density at radius 2 is 1.55 bits per heavy atom. The molecule has 3 heterocycles. The highest BCUT2D eigenvalue weighted by Crippen LogP contribution is 2.35. The first-order chi connectivity index (χ1) is 18.9. The summed E-state index contributed by atoms with van der Waals surface area (Å²) in [5.74, 6) is -0.562. The molecule has 0 aromatic heterocycles. The van der Waals surface area contributed by atoms with Gasteiger partial charge in [-0.15, -0.1) is 0 Å². The zero-order chi connectivity index (χ0) is 28.8. The summed E-state index contributed by atoms with van der Waals surface area (Å²) in [6.07, 6.45) is 2.39. The number of hydrogen-bond donors (Lipinski definition) is 3. The van der Waals surface area contributed by atoms with E-state index in [9.17, 15) is 14.7 Å². The van der Waals surface area contributed by atoms with Crippen LogP contribution in [0.2, 0.25) is 20.1 Å². The van der Waals surface area contributed by atoms with Crippen molar-refractivity contribution in [3.63, 3.8) is 0 Å². The fourth-order valence-electron chi connectivity index (χ4n) is 5.86. The molecule has 2 amide bonds. The van der Waals surface area contributed by atoms with Crippen LogP contribution in [0, 0.1) is 0 Å². The standard InChI is InChI=1S/C28H33Cl4N5O3/c1-28(40,21-10-16(29)2-3-22(21)30)27(39)35-8-5-20(6-9-35)37-14-19(15-37)34-18-11-23(31)25(24(32)12-18)26(38)36-7-4-17(33)13-36/h2-3,10-12,17,19-20,34,40H,4-9,13-15,33H2,1H3/t17?,28-/m0/s1. The molecule has 2 aromatic carbocycles. The number of rotatable bonds is 6. The second-order valence-corrected chi connectivity index (χ2v) is 12.8. The Balaban J connectivity index is 1.12. The molecule has 12 heteroatoms. The fourth-order valence-corrected chi connectivity index (χ4v) is 6.98. The van der Waals surface area contributed by atoms with Gasteiger partial charge in [0.2, 0.25) is 0 Å². The van der Waals surface area contributed by atoms with E-state index < -0.39 is 5.60 Å². The number of hydrogen-bond acceptors (Lipinski definition) is 6. The molecule has 2 aromatic rings. The molecule has 1 unspecified atom stereocenters. The quantitative estimate of drug-likeness (QED) is 0.436. The first-order valence-corrected chi connectivity index (χ1v) is 15.0. The zero-order valence-electron chi connectivity index (χ0n) is 22.2. The van der Waals surface area contributed by atoms with Crippen LogP contribution in [0.25, 0.3) is 0 Å². The molecule has 2 atom stereocenters. The van der Waals surface area contributed by atoms with Crippen LogP contribution < -0.4 is 11.1 Å². The topological polar surface area (TPSA) is 102 Å². The number of nitrogens with two attached hydrogens (primary N) is 1. The van der Waals surface area contributed by atoms with Crippen LogP contribution in [-0.2, 0) is 10.4 Å². The molecule has 3 aliphatic rings. The zero-order valence-corrected chi connectivity index (χ0v) is 25.2. The molecule has 0 radical (unpaired) electrons. The van der Waals surface area contributed by atoms with Gasteiger partial charge in [-0.05, 0) is 56.5 Å². The number of anilines is 1. The van der Waals surface area contributed by atoms with Crippen LogP contribution in [-0.4, -0.2) is 89.0 Å². The SMILES string of the molecule is C[C@@](O)(C(=O)N1CCC(N2CC(Nc3cc(Cl)c(C(=O)N4CCC(N)C4)c(Cl)c3)C2)CC1)c1cc(Cl)ccc1Cl. The van der Waals surface area contributed by atoms with Gasteiger partial charge < -0.3 is 26.0 Å². The van der Waals surface area contributed by atoms with Crippen molar-refractivity contribution in [1.82, 2.24) is 14.7 Å². The smallest absolute Gasteiger partial charge is 0.258 e. The number of carbonyl (C=O) groups excluding carboxylic acids is 2. The maximum absolute atomic E-state index is 13.2. The highest BCUT2D eigenvalue weighted by Gasteiger charge is 2.41. The average molecular weight is 629 g/mol. The van der Waals surface area contributed by atoms with E-state index in [1.54, 1.807) is 34.1 Å². The number of nitrogens with one attached hydrogen (secondary N) is 1. The van der Waals surface area contributed by atoms with Gasteiger partial charge in [-0.25, -0.2) is 0 Å². The van der Waals surface area contributed by atoms with Crippen molar-refractivity contribution >= 4 is 63.9 Å². The van der Waals surface area contributed by atoms with Gasteiger partial charge in [-0.2, -0.15) is 0 Å². The summed E-state index contributed by atoms with van der Waals surface area (Å²) >= 11 is 25.3. The van der Waals surface area contributed by atoms with Gasteiger partial charge in [0.05, 0.1) is 21.7 Å². The summed E-state index contributed by atoms with van der Waals surface area (Å²) in [7, 11) is 0. The molecule has 0 aliphatic carbocycles. The lowest BCUT2D eigenvalue weighted by Gasteiger charge is -2.48. The third kappa shape index (κ3) is 6.04. The number of carbonyl (C=O) groups is 2. The second-order valence-electron chi connectivity index (χ2n) is 11.1. The Morgan fingerprint density at radius 1 is 0.925 bits per heavy atom. The van der Waals surface area contributed by atoms with E-state index in [4.69, 9.17) is 52.1 Å². The highest BCUT2D eigenvalue weighted by atomic mass is 35.5. The van der Waals surface area contributed by atoms with Gasteiger partial charge in [0.15, 0.2) is 5.60 Å². The molecule has 0 bridgehead atoms. The van der Waals surface area contributed by atoms with E-state index in [-0.39, 0.29) is 23.9 Å². The summed E-state index contributed by atoms with van der Waals surface area (Å²) in [6.45, 7) is 5.36. The van der Waals surface area contributed by atoms with Crippen molar-refractivity contribution in [2.24, 2.45) is 5.73 Å². The van der Waals surface area contributed by atoms with Gasteiger partial charge in [-0.1, -0.05) is 46.4 Å². The molecule has 0 spiro atoms.